The highest BCUT2D eigenvalue weighted by atomic mass is 32.2. The third kappa shape index (κ3) is 4.71. The molecule has 3 N–H and O–H groups in total. The summed E-state index contributed by atoms with van der Waals surface area (Å²) in [4.78, 5) is 18.5. The maximum atomic E-state index is 10.8. The minimum atomic E-state index is -4.22. The molecule has 0 radical (unpaired) electrons. The molecular weight excluding hydrogens is 233 g/mol. The third-order valence-corrected chi connectivity index (χ3v) is 3.13. The lowest BCUT2D eigenvalue weighted by atomic mass is 10.3. The van der Waals surface area contributed by atoms with Gasteiger partial charge in [-0.25, -0.2) is 4.57 Å². The molecule has 1 aromatic carbocycles. The molecule has 0 heterocycles. The minimum Gasteiger partial charge on any atom is -0.308 e. The van der Waals surface area contributed by atoms with Crippen molar-refractivity contribution in [3.8, 4) is 0 Å². The molecule has 0 aliphatic rings. The molecule has 0 spiro atoms. The van der Waals surface area contributed by atoms with Gasteiger partial charge in [-0.15, -0.1) is 11.8 Å². The Balaban J connectivity index is 2.91. The van der Waals surface area contributed by atoms with Crippen LogP contribution in [0.2, 0.25) is 0 Å². The van der Waals surface area contributed by atoms with Crippen LogP contribution in [0.15, 0.2) is 29.2 Å². The number of thioether (sulfide) groups is 1. The van der Waals surface area contributed by atoms with E-state index in [4.69, 9.17) is 9.79 Å². The van der Waals surface area contributed by atoms with E-state index in [1.165, 1.54) is 0 Å². The Bertz CT molecular complexity index is 377. The molecule has 84 valence electrons. The molecule has 6 heteroatoms. The van der Waals surface area contributed by atoms with Crippen LogP contribution < -0.4 is 5.09 Å². The molecule has 0 aliphatic heterocycles. The number of nitrogens with one attached hydrogen (secondary N) is 1. The van der Waals surface area contributed by atoms with Crippen molar-refractivity contribution in [2.24, 2.45) is 0 Å². The van der Waals surface area contributed by atoms with Gasteiger partial charge in [0, 0.05) is 10.1 Å². The molecule has 4 nitrogen and oxygen atoms in total. The summed E-state index contributed by atoms with van der Waals surface area (Å²) in [6.07, 6.45) is 0. The Kier molecular flexibility index (Phi) is 4.22. The van der Waals surface area contributed by atoms with E-state index < -0.39 is 7.75 Å². The van der Waals surface area contributed by atoms with Crippen molar-refractivity contribution in [1.29, 1.82) is 0 Å². The summed E-state index contributed by atoms with van der Waals surface area (Å²) in [6, 6.07) is 7.07. The highest BCUT2D eigenvalue weighted by Crippen LogP contribution is 2.40. The number of anilines is 1. The zero-order valence-corrected chi connectivity index (χ0v) is 10.3. The zero-order chi connectivity index (χ0) is 11.5. The van der Waals surface area contributed by atoms with Gasteiger partial charge in [0.1, 0.15) is 0 Å². The Morgan fingerprint density at radius 1 is 1.33 bits per heavy atom. The van der Waals surface area contributed by atoms with E-state index in [0.29, 0.717) is 10.9 Å². The highest BCUT2D eigenvalue weighted by molar-refractivity contribution is 8.00. The smallest absolute Gasteiger partial charge is 0.308 e. The Hall–Kier alpha value is -0.480. The molecule has 0 saturated carbocycles. The summed E-state index contributed by atoms with van der Waals surface area (Å²) in [5, 5.41) is 2.57. The predicted octanol–water partition coefficient (Wildman–Crippen LogP) is 2.69. The summed E-state index contributed by atoms with van der Waals surface area (Å²) in [5.74, 6) is 0. The van der Waals surface area contributed by atoms with Crippen LogP contribution in [0.1, 0.15) is 13.8 Å². The van der Waals surface area contributed by atoms with Crippen LogP contribution >= 0.6 is 19.5 Å². The van der Waals surface area contributed by atoms with E-state index in [0.717, 1.165) is 4.90 Å². The second-order valence-electron chi connectivity index (χ2n) is 3.32. The molecule has 0 saturated heterocycles. The second kappa shape index (κ2) is 5.03. The third-order valence-electron chi connectivity index (χ3n) is 1.52. The first kappa shape index (κ1) is 12.6. The molecule has 1 rings (SSSR count). The largest absolute Gasteiger partial charge is 0.427 e. The molecule has 0 aromatic heterocycles. The molecule has 1 aromatic rings. The van der Waals surface area contributed by atoms with Crippen LogP contribution in [-0.4, -0.2) is 15.0 Å². The van der Waals surface area contributed by atoms with Gasteiger partial charge < -0.3 is 9.79 Å². The van der Waals surface area contributed by atoms with Crippen LogP contribution in [-0.2, 0) is 4.57 Å². The Morgan fingerprint density at radius 2 is 1.93 bits per heavy atom. The fraction of sp³-hybridized carbons (Fsp3) is 0.333. The van der Waals surface area contributed by atoms with Gasteiger partial charge in [-0.3, -0.25) is 5.09 Å². The summed E-state index contributed by atoms with van der Waals surface area (Å²) >= 11 is 1.56. The van der Waals surface area contributed by atoms with Crippen LogP contribution in [0, 0.1) is 0 Å². The Labute approximate surface area is 93.3 Å². The van der Waals surface area contributed by atoms with Crippen LogP contribution in [0.25, 0.3) is 0 Å². The van der Waals surface area contributed by atoms with Gasteiger partial charge in [0.05, 0.1) is 5.69 Å². The molecule has 0 atom stereocenters. The fourth-order valence-electron chi connectivity index (χ4n) is 1.07. The average Bonchev–Trinajstić information content (AvgIpc) is 2.05. The van der Waals surface area contributed by atoms with E-state index in [9.17, 15) is 4.57 Å². The molecule has 0 aliphatic carbocycles. The Morgan fingerprint density at radius 3 is 2.47 bits per heavy atom. The predicted molar refractivity (Wildman–Crippen MR) is 63.1 cm³/mol. The normalized spacial score (nSPS) is 11.8. The van der Waals surface area contributed by atoms with E-state index in [2.05, 4.69) is 5.09 Å². The first-order valence-corrected chi connectivity index (χ1v) is 6.97. The number of para-hydroxylation sites is 1. The topological polar surface area (TPSA) is 69.6 Å². The summed E-state index contributed by atoms with van der Waals surface area (Å²) < 4.78 is 10.8. The van der Waals surface area contributed by atoms with Crippen molar-refractivity contribution in [2.45, 2.75) is 24.0 Å². The summed E-state index contributed by atoms with van der Waals surface area (Å²) in [6.45, 7) is 4.05. The number of rotatable bonds is 4. The monoisotopic (exact) mass is 247 g/mol. The molecule has 0 amide bonds. The quantitative estimate of drug-likeness (QED) is 0.563. The highest BCUT2D eigenvalue weighted by Gasteiger charge is 2.15. The van der Waals surface area contributed by atoms with Crippen molar-refractivity contribution < 1.29 is 14.4 Å². The van der Waals surface area contributed by atoms with Gasteiger partial charge >= 0.3 is 7.75 Å². The molecule has 0 bridgehead atoms. The van der Waals surface area contributed by atoms with Gasteiger partial charge in [-0.1, -0.05) is 26.0 Å². The summed E-state index contributed by atoms with van der Waals surface area (Å²) in [5.41, 5.74) is 0.476. The van der Waals surface area contributed by atoms with Gasteiger partial charge in [0.2, 0.25) is 0 Å². The van der Waals surface area contributed by atoms with Crippen molar-refractivity contribution >= 4 is 25.2 Å². The van der Waals surface area contributed by atoms with Crippen molar-refractivity contribution in [2.75, 3.05) is 5.09 Å². The van der Waals surface area contributed by atoms with Crippen molar-refractivity contribution in [3.63, 3.8) is 0 Å². The molecule has 0 fully saturated rings. The standard InChI is InChI=1S/C9H14NO3PS/c1-7(2)15-9-6-4-3-5-8(9)10-14(11,12)13/h3-7H,1-2H3,(H3,10,11,12,13). The average molecular weight is 247 g/mol. The second-order valence-corrected chi connectivity index (χ2v) is 6.25. The summed E-state index contributed by atoms with van der Waals surface area (Å²) in [7, 11) is -4.22. The first-order chi connectivity index (χ1) is 6.88. The molecule has 15 heavy (non-hydrogen) atoms. The van der Waals surface area contributed by atoms with Crippen molar-refractivity contribution in [1.82, 2.24) is 0 Å². The number of hydrogen-bond acceptors (Lipinski definition) is 2. The maximum absolute atomic E-state index is 10.8. The van der Waals surface area contributed by atoms with Gasteiger partial charge in [0.15, 0.2) is 0 Å². The van der Waals surface area contributed by atoms with Crippen LogP contribution in [0.3, 0.4) is 0 Å². The molecular formula is C9H14NO3PS. The van der Waals surface area contributed by atoms with Crippen LogP contribution in [0.4, 0.5) is 5.69 Å². The maximum Gasteiger partial charge on any atom is 0.427 e. The molecule has 0 unspecified atom stereocenters. The van der Waals surface area contributed by atoms with E-state index >= 15 is 0 Å². The zero-order valence-electron chi connectivity index (χ0n) is 8.54. The minimum absolute atomic E-state index is 0.365. The fourth-order valence-corrected chi connectivity index (χ4v) is 2.57. The number of benzene rings is 1. The first-order valence-electron chi connectivity index (χ1n) is 4.48. The van der Waals surface area contributed by atoms with E-state index in [1.807, 2.05) is 26.0 Å². The van der Waals surface area contributed by atoms with Gasteiger partial charge in [-0.05, 0) is 12.1 Å². The van der Waals surface area contributed by atoms with Crippen molar-refractivity contribution in [3.05, 3.63) is 24.3 Å². The number of hydrogen-bond donors (Lipinski definition) is 3. The van der Waals surface area contributed by atoms with Crippen LogP contribution in [0.5, 0.6) is 0 Å². The SMILES string of the molecule is CC(C)Sc1ccccc1NP(=O)(O)O. The van der Waals surface area contributed by atoms with E-state index in [1.54, 1.807) is 23.9 Å². The van der Waals surface area contributed by atoms with E-state index in [-0.39, 0.29) is 0 Å². The lowest BCUT2D eigenvalue weighted by molar-refractivity contribution is 0.380. The lowest BCUT2D eigenvalue weighted by Gasteiger charge is -2.13. The lowest BCUT2D eigenvalue weighted by Crippen LogP contribution is -1.97. The van der Waals surface area contributed by atoms with Gasteiger partial charge in [0.25, 0.3) is 0 Å². The van der Waals surface area contributed by atoms with Gasteiger partial charge in [-0.2, -0.15) is 0 Å².